The van der Waals surface area contributed by atoms with Crippen LogP contribution in [-0.2, 0) is 0 Å². The van der Waals surface area contributed by atoms with Crippen molar-refractivity contribution >= 4 is 11.8 Å². The molecule has 4 heteroatoms. The summed E-state index contributed by atoms with van der Waals surface area (Å²) >= 11 is 0. The molecule has 1 aliphatic rings. The Morgan fingerprint density at radius 2 is 1.69 bits per heavy atom. The van der Waals surface area contributed by atoms with Crippen LogP contribution in [0.15, 0.2) is 36.4 Å². The average molecular weight is 217 g/mol. The molecule has 0 saturated heterocycles. The van der Waals surface area contributed by atoms with Gasteiger partial charge in [0, 0.05) is 0 Å². The van der Waals surface area contributed by atoms with Crippen molar-refractivity contribution in [3.05, 3.63) is 47.5 Å². The van der Waals surface area contributed by atoms with Gasteiger partial charge in [-0.15, -0.1) is 0 Å². The van der Waals surface area contributed by atoms with Crippen LogP contribution in [0.2, 0.25) is 0 Å². The first-order chi connectivity index (χ1) is 7.65. The maximum atomic E-state index is 11.8. The van der Waals surface area contributed by atoms with Gasteiger partial charge >= 0.3 is 0 Å². The normalized spacial score (nSPS) is 14.2. The van der Waals surface area contributed by atoms with E-state index in [1.165, 1.54) is 0 Å². The summed E-state index contributed by atoms with van der Waals surface area (Å²) in [4.78, 5) is 24.8. The molecule has 4 nitrogen and oxygen atoms in total. The molecule has 1 aromatic rings. The molecule has 0 saturated carbocycles. The number of hydrogen-bond donors (Lipinski definition) is 1. The Hall–Kier alpha value is -1.94. The number of benzene rings is 1. The predicted octanol–water partition coefficient (Wildman–Crippen LogP) is 0.831. The van der Waals surface area contributed by atoms with Crippen molar-refractivity contribution in [2.45, 2.75) is 0 Å². The molecule has 1 aliphatic heterocycles. The van der Waals surface area contributed by atoms with Gasteiger partial charge in [0.15, 0.2) is 0 Å². The lowest BCUT2D eigenvalue weighted by Gasteiger charge is -2.13. The van der Waals surface area contributed by atoms with E-state index in [0.717, 1.165) is 4.90 Å². The lowest BCUT2D eigenvalue weighted by atomic mass is 10.1. The second-order valence-electron chi connectivity index (χ2n) is 3.65. The Kier molecular flexibility index (Phi) is 2.58. The second-order valence-corrected chi connectivity index (χ2v) is 3.65. The summed E-state index contributed by atoms with van der Waals surface area (Å²) in [5, 5.41) is 8.84. The Morgan fingerprint density at radius 3 is 2.12 bits per heavy atom. The third-order valence-corrected chi connectivity index (χ3v) is 2.48. The van der Waals surface area contributed by atoms with Gasteiger partial charge in [-0.25, -0.2) is 0 Å². The number of rotatable bonds is 3. The van der Waals surface area contributed by atoms with Crippen molar-refractivity contribution in [1.29, 1.82) is 0 Å². The molecule has 0 atom stereocenters. The number of imide groups is 1. The molecule has 0 aromatic heterocycles. The summed E-state index contributed by atoms with van der Waals surface area (Å²) in [7, 11) is 0. The van der Waals surface area contributed by atoms with Crippen LogP contribution in [0.3, 0.4) is 0 Å². The van der Waals surface area contributed by atoms with E-state index >= 15 is 0 Å². The van der Waals surface area contributed by atoms with Gasteiger partial charge in [-0.1, -0.05) is 18.7 Å². The highest BCUT2D eigenvalue weighted by atomic mass is 16.3. The van der Waals surface area contributed by atoms with Gasteiger partial charge in [0.2, 0.25) is 0 Å². The summed E-state index contributed by atoms with van der Waals surface area (Å²) in [6.45, 7) is 3.42. The maximum absolute atomic E-state index is 11.8. The quantitative estimate of drug-likeness (QED) is 0.602. The zero-order valence-corrected chi connectivity index (χ0v) is 8.64. The fourth-order valence-electron chi connectivity index (χ4n) is 1.66. The Bertz CT molecular complexity index is 444. The first-order valence-electron chi connectivity index (χ1n) is 4.88. The number of amides is 2. The van der Waals surface area contributed by atoms with Gasteiger partial charge in [-0.3, -0.25) is 14.5 Å². The van der Waals surface area contributed by atoms with Crippen LogP contribution in [0, 0.1) is 0 Å². The van der Waals surface area contributed by atoms with E-state index in [1.54, 1.807) is 24.3 Å². The van der Waals surface area contributed by atoms with E-state index in [0.29, 0.717) is 16.7 Å². The van der Waals surface area contributed by atoms with Crippen LogP contribution in [0.25, 0.3) is 0 Å². The molecule has 0 radical (unpaired) electrons. The van der Waals surface area contributed by atoms with Crippen molar-refractivity contribution in [3.8, 4) is 0 Å². The van der Waals surface area contributed by atoms with Gasteiger partial charge in [-0.2, -0.15) is 0 Å². The molecular weight excluding hydrogens is 206 g/mol. The topological polar surface area (TPSA) is 57.6 Å². The number of fused-ring (bicyclic) bond motifs is 1. The Labute approximate surface area is 92.8 Å². The molecule has 0 spiro atoms. The smallest absolute Gasteiger partial charge is 0.261 e. The SMILES string of the molecule is C=C(CO)CN1C(=O)c2ccccc2C1=O. The molecular formula is C12H11NO3. The van der Waals surface area contributed by atoms with E-state index in [-0.39, 0.29) is 25.0 Å². The first kappa shape index (κ1) is 10.6. The van der Waals surface area contributed by atoms with E-state index in [4.69, 9.17) is 5.11 Å². The molecule has 82 valence electrons. The molecule has 0 fully saturated rings. The van der Waals surface area contributed by atoms with Gasteiger partial charge < -0.3 is 5.11 Å². The zero-order valence-electron chi connectivity index (χ0n) is 8.64. The van der Waals surface area contributed by atoms with Crippen molar-refractivity contribution in [1.82, 2.24) is 4.90 Å². The third-order valence-electron chi connectivity index (χ3n) is 2.48. The van der Waals surface area contributed by atoms with Gasteiger partial charge in [0.1, 0.15) is 0 Å². The molecule has 1 aromatic carbocycles. The van der Waals surface area contributed by atoms with E-state index in [1.807, 2.05) is 0 Å². The molecule has 16 heavy (non-hydrogen) atoms. The van der Waals surface area contributed by atoms with Crippen molar-refractivity contribution in [2.24, 2.45) is 0 Å². The molecule has 0 bridgehead atoms. The van der Waals surface area contributed by atoms with Gasteiger partial charge in [-0.05, 0) is 17.7 Å². The molecule has 1 heterocycles. The van der Waals surface area contributed by atoms with Crippen LogP contribution < -0.4 is 0 Å². The Morgan fingerprint density at radius 1 is 1.19 bits per heavy atom. The fourth-order valence-corrected chi connectivity index (χ4v) is 1.66. The van der Waals surface area contributed by atoms with Crippen LogP contribution in [-0.4, -0.2) is 35.0 Å². The van der Waals surface area contributed by atoms with Crippen LogP contribution >= 0.6 is 0 Å². The highest BCUT2D eigenvalue weighted by Crippen LogP contribution is 2.22. The number of aliphatic hydroxyl groups excluding tert-OH is 1. The van der Waals surface area contributed by atoms with Gasteiger partial charge in [0.25, 0.3) is 11.8 Å². The monoisotopic (exact) mass is 217 g/mol. The van der Waals surface area contributed by atoms with E-state index in [9.17, 15) is 9.59 Å². The first-order valence-corrected chi connectivity index (χ1v) is 4.88. The largest absolute Gasteiger partial charge is 0.392 e. The summed E-state index contributed by atoms with van der Waals surface area (Å²) in [5.41, 5.74) is 1.27. The number of carbonyl (C=O) groups is 2. The van der Waals surface area contributed by atoms with Gasteiger partial charge in [0.05, 0.1) is 24.3 Å². The summed E-state index contributed by atoms with van der Waals surface area (Å²) < 4.78 is 0. The van der Waals surface area contributed by atoms with E-state index in [2.05, 4.69) is 6.58 Å². The Balaban J connectivity index is 2.32. The predicted molar refractivity (Wildman–Crippen MR) is 58.0 cm³/mol. The molecule has 1 N–H and O–H groups in total. The third kappa shape index (κ3) is 1.53. The minimum absolute atomic E-state index is 0.0723. The molecule has 2 amide bonds. The van der Waals surface area contributed by atoms with Crippen LogP contribution in [0.4, 0.5) is 0 Å². The lowest BCUT2D eigenvalue weighted by molar-refractivity contribution is 0.0665. The summed E-state index contributed by atoms with van der Waals surface area (Å²) in [6, 6.07) is 6.68. The number of nitrogens with zero attached hydrogens (tertiary/aromatic N) is 1. The molecule has 0 aliphatic carbocycles. The molecule has 2 rings (SSSR count). The summed E-state index contributed by atoms with van der Waals surface area (Å²) in [6.07, 6.45) is 0. The highest BCUT2D eigenvalue weighted by Gasteiger charge is 2.34. The second kappa shape index (κ2) is 3.90. The number of aliphatic hydroxyl groups is 1. The number of hydrogen-bond acceptors (Lipinski definition) is 3. The highest BCUT2D eigenvalue weighted by molar-refractivity contribution is 6.21. The number of carbonyl (C=O) groups excluding carboxylic acids is 2. The minimum atomic E-state index is -0.324. The van der Waals surface area contributed by atoms with Crippen molar-refractivity contribution < 1.29 is 14.7 Å². The molecule has 0 unspecified atom stereocenters. The minimum Gasteiger partial charge on any atom is -0.392 e. The lowest BCUT2D eigenvalue weighted by Crippen LogP contribution is -2.32. The van der Waals surface area contributed by atoms with Crippen molar-refractivity contribution in [3.63, 3.8) is 0 Å². The standard InChI is InChI=1S/C12H11NO3/c1-8(7-14)6-13-11(15)9-4-2-3-5-10(9)12(13)16/h2-5,14H,1,6-7H2. The van der Waals surface area contributed by atoms with Crippen molar-refractivity contribution in [2.75, 3.05) is 13.2 Å². The average Bonchev–Trinajstić information content (AvgIpc) is 2.55. The van der Waals surface area contributed by atoms with Crippen LogP contribution in [0.5, 0.6) is 0 Å². The maximum Gasteiger partial charge on any atom is 0.261 e. The fraction of sp³-hybridized carbons (Fsp3) is 0.167. The summed E-state index contributed by atoms with van der Waals surface area (Å²) in [5.74, 6) is -0.648. The zero-order chi connectivity index (χ0) is 11.7. The van der Waals surface area contributed by atoms with E-state index < -0.39 is 0 Å². The van der Waals surface area contributed by atoms with Crippen LogP contribution in [0.1, 0.15) is 20.7 Å².